The quantitative estimate of drug-likeness (QED) is 0.746. The third kappa shape index (κ3) is 3.78. The van der Waals surface area contributed by atoms with Crippen molar-refractivity contribution in [3.05, 3.63) is 44.9 Å². The number of nitrogens with one attached hydrogen (secondary N) is 1. The SMILES string of the molecule is CN(C)Cc1csc(NC(=O)CN2C(=O)c3ccc(Br)cc3C2=O)n1. The zero-order valence-electron chi connectivity index (χ0n) is 13.6. The molecule has 0 bridgehead atoms. The van der Waals surface area contributed by atoms with Crippen molar-refractivity contribution in [2.75, 3.05) is 26.0 Å². The normalized spacial score (nSPS) is 13.5. The van der Waals surface area contributed by atoms with Crippen LogP contribution in [0.5, 0.6) is 0 Å². The van der Waals surface area contributed by atoms with E-state index in [2.05, 4.69) is 26.2 Å². The predicted molar refractivity (Wildman–Crippen MR) is 97.6 cm³/mol. The summed E-state index contributed by atoms with van der Waals surface area (Å²) in [5.41, 5.74) is 1.45. The summed E-state index contributed by atoms with van der Waals surface area (Å²) in [6, 6.07) is 4.85. The fraction of sp³-hybridized carbons (Fsp3) is 0.250. The van der Waals surface area contributed by atoms with Gasteiger partial charge in [-0.05, 0) is 32.3 Å². The maximum Gasteiger partial charge on any atom is 0.262 e. The number of benzene rings is 1. The minimum atomic E-state index is -0.469. The molecule has 3 amide bonds. The summed E-state index contributed by atoms with van der Waals surface area (Å²) < 4.78 is 0.704. The molecule has 9 heteroatoms. The summed E-state index contributed by atoms with van der Waals surface area (Å²) in [6.45, 7) is 0.326. The molecule has 0 radical (unpaired) electrons. The molecule has 1 aliphatic heterocycles. The van der Waals surface area contributed by atoms with Crippen LogP contribution in [0.4, 0.5) is 5.13 Å². The van der Waals surface area contributed by atoms with Gasteiger partial charge >= 0.3 is 0 Å². The number of rotatable bonds is 5. The molecule has 0 aliphatic carbocycles. The highest BCUT2D eigenvalue weighted by atomic mass is 79.9. The predicted octanol–water partition coefficient (Wildman–Crippen LogP) is 2.20. The molecule has 130 valence electrons. The van der Waals surface area contributed by atoms with Gasteiger partial charge in [0.15, 0.2) is 5.13 Å². The molecular weight excluding hydrogens is 408 g/mol. The maximum atomic E-state index is 12.4. The van der Waals surface area contributed by atoms with E-state index in [-0.39, 0.29) is 6.54 Å². The van der Waals surface area contributed by atoms with Crippen molar-refractivity contribution >= 4 is 50.1 Å². The van der Waals surface area contributed by atoms with Gasteiger partial charge in [-0.2, -0.15) is 0 Å². The monoisotopic (exact) mass is 422 g/mol. The minimum absolute atomic E-state index is 0.301. The molecule has 1 aliphatic rings. The molecule has 2 heterocycles. The number of aromatic nitrogens is 1. The minimum Gasteiger partial charge on any atom is -0.304 e. The highest BCUT2D eigenvalue weighted by Gasteiger charge is 2.36. The number of thiazole rings is 1. The van der Waals surface area contributed by atoms with Crippen molar-refractivity contribution in [1.82, 2.24) is 14.8 Å². The molecule has 0 fully saturated rings. The molecule has 2 aromatic rings. The largest absolute Gasteiger partial charge is 0.304 e. The van der Waals surface area contributed by atoms with Gasteiger partial charge in [-0.15, -0.1) is 11.3 Å². The van der Waals surface area contributed by atoms with Gasteiger partial charge in [0.2, 0.25) is 5.91 Å². The first-order valence-corrected chi connectivity index (χ1v) is 9.07. The first-order valence-electron chi connectivity index (χ1n) is 7.40. The highest BCUT2D eigenvalue weighted by Crippen LogP contribution is 2.26. The fourth-order valence-corrected chi connectivity index (χ4v) is 3.55. The van der Waals surface area contributed by atoms with Crippen LogP contribution in [0.25, 0.3) is 0 Å². The Kier molecular flexibility index (Phi) is 4.98. The molecule has 0 spiro atoms. The number of fused-ring (bicyclic) bond motifs is 1. The fourth-order valence-electron chi connectivity index (χ4n) is 2.47. The molecule has 0 saturated heterocycles. The molecule has 25 heavy (non-hydrogen) atoms. The van der Waals surface area contributed by atoms with Gasteiger partial charge in [-0.25, -0.2) is 4.98 Å². The molecule has 1 aromatic carbocycles. The van der Waals surface area contributed by atoms with Crippen LogP contribution in [0.3, 0.4) is 0 Å². The van der Waals surface area contributed by atoms with E-state index >= 15 is 0 Å². The third-order valence-corrected chi connectivity index (χ3v) is 4.81. The zero-order chi connectivity index (χ0) is 18.1. The summed E-state index contributed by atoms with van der Waals surface area (Å²) in [6.07, 6.45) is 0. The van der Waals surface area contributed by atoms with E-state index in [1.54, 1.807) is 18.2 Å². The van der Waals surface area contributed by atoms with E-state index in [4.69, 9.17) is 0 Å². The lowest BCUT2D eigenvalue weighted by atomic mass is 10.1. The zero-order valence-corrected chi connectivity index (χ0v) is 16.0. The average Bonchev–Trinajstić information content (AvgIpc) is 3.05. The second-order valence-electron chi connectivity index (χ2n) is 5.82. The number of nitrogens with zero attached hydrogens (tertiary/aromatic N) is 3. The van der Waals surface area contributed by atoms with Crippen LogP contribution in [-0.4, -0.2) is 53.1 Å². The molecule has 0 saturated carbocycles. The number of carbonyl (C=O) groups is 3. The van der Waals surface area contributed by atoms with Crippen LogP contribution in [-0.2, 0) is 11.3 Å². The first-order chi connectivity index (χ1) is 11.8. The summed E-state index contributed by atoms with van der Waals surface area (Å²) in [7, 11) is 3.86. The Bertz CT molecular complexity index is 865. The summed E-state index contributed by atoms with van der Waals surface area (Å²) in [5.74, 6) is -1.39. The van der Waals surface area contributed by atoms with E-state index in [1.807, 2.05) is 24.4 Å². The van der Waals surface area contributed by atoms with Crippen molar-refractivity contribution in [1.29, 1.82) is 0 Å². The Balaban J connectivity index is 1.67. The topological polar surface area (TPSA) is 82.6 Å². The van der Waals surface area contributed by atoms with Crippen molar-refractivity contribution in [2.24, 2.45) is 0 Å². The van der Waals surface area contributed by atoms with Crippen LogP contribution < -0.4 is 5.32 Å². The van der Waals surface area contributed by atoms with E-state index < -0.39 is 17.7 Å². The van der Waals surface area contributed by atoms with Gasteiger partial charge < -0.3 is 10.2 Å². The summed E-state index contributed by atoms with van der Waals surface area (Å²) in [4.78, 5) is 44.1. The van der Waals surface area contributed by atoms with Crippen LogP contribution in [0.2, 0.25) is 0 Å². The average molecular weight is 423 g/mol. The summed E-state index contributed by atoms with van der Waals surface area (Å²) >= 11 is 4.58. The lowest BCUT2D eigenvalue weighted by Crippen LogP contribution is -2.37. The van der Waals surface area contributed by atoms with E-state index in [1.165, 1.54) is 11.3 Å². The molecule has 0 unspecified atom stereocenters. The first kappa shape index (κ1) is 17.7. The van der Waals surface area contributed by atoms with Crippen molar-refractivity contribution in [2.45, 2.75) is 6.54 Å². The van der Waals surface area contributed by atoms with Crippen molar-refractivity contribution < 1.29 is 14.4 Å². The van der Waals surface area contributed by atoms with Gasteiger partial charge in [-0.3, -0.25) is 19.3 Å². The standard InChI is InChI=1S/C16H15BrN4O3S/c1-20(2)6-10-8-25-16(18-10)19-13(22)7-21-14(23)11-4-3-9(17)5-12(11)15(21)24/h3-5,8H,6-7H2,1-2H3,(H,18,19,22). The highest BCUT2D eigenvalue weighted by molar-refractivity contribution is 9.10. The van der Waals surface area contributed by atoms with Gasteiger partial charge in [0.25, 0.3) is 11.8 Å². The van der Waals surface area contributed by atoms with E-state index in [9.17, 15) is 14.4 Å². The molecule has 7 nitrogen and oxygen atoms in total. The van der Waals surface area contributed by atoms with E-state index in [0.717, 1.165) is 10.6 Å². The van der Waals surface area contributed by atoms with Crippen LogP contribution >= 0.6 is 27.3 Å². The second kappa shape index (κ2) is 7.03. The molecular formula is C16H15BrN4O3S. The van der Waals surface area contributed by atoms with Gasteiger partial charge in [-0.1, -0.05) is 15.9 Å². The number of amides is 3. The molecule has 3 rings (SSSR count). The Morgan fingerprint density at radius 2 is 2.00 bits per heavy atom. The second-order valence-corrected chi connectivity index (χ2v) is 7.59. The number of anilines is 1. The molecule has 1 N–H and O–H groups in total. The maximum absolute atomic E-state index is 12.4. The molecule has 1 aromatic heterocycles. The molecule has 0 atom stereocenters. The smallest absolute Gasteiger partial charge is 0.262 e. The lowest BCUT2D eigenvalue weighted by molar-refractivity contribution is -0.116. The number of imide groups is 1. The van der Waals surface area contributed by atoms with Gasteiger partial charge in [0, 0.05) is 16.4 Å². The number of halogens is 1. The van der Waals surface area contributed by atoms with Crippen LogP contribution in [0, 0.1) is 0 Å². The Labute approximate surface area is 156 Å². The Hall–Kier alpha value is -2.10. The van der Waals surface area contributed by atoms with Crippen molar-refractivity contribution in [3.63, 3.8) is 0 Å². The van der Waals surface area contributed by atoms with E-state index in [0.29, 0.717) is 27.3 Å². The van der Waals surface area contributed by atoms with Gasteiger partial charge in [0.1, 0.15) is 6.54 Å². The van der Waals surface area contributed by atoms with Gasteiger partial charge in [0.05, 0.1) is 16.8 Å². The van der Waals surface area contributed by atoms with Crippen LogP contribution in [0.1, 0.15) is 26.4 Å². The summed E-state index contributed by atoms with van der Waals surface area (Å²) in [5, 5.41) is 4.94. The Morgan fingerprint density at radius 3 is 2.72 bits per heavy atom. The lowest BCUT2D eigenvalue weighted by Gasteiger charge is -2.12. The van der Waals surface area contributed by atoms with Crippen molar-refractivity contribution in [3.8, 4) is 0 Å². The number of hydrogen-bond donors (Lipinski definition) is 1. The number of hydrogen-bond acceptors (Lipinski definition) is 6. The number of carbonyl (C=O) groups excluding carboxylic acids is 3. The van der Waals surface area contributed by atoms with Crippen LogP contribution in [0.15, 0.2) is 28.1 Å². The Morgan fingerprint density at radius 1 is 1.28 bits per heavy atom. The third-order valence-electron chi connectivity index (χ3n) is 3.51.